The summed E-state index contributed by atoms with van der Waals surface area (Å²) in [7, 11) is 1.69. The average molecular weight is 254 g/mol. The summed E-state index contributed by atoms with van der Waals surface area (Å²) in [5.41, 5.74) is -0.306. The lowest BCUT2D eigenvalue weighted by Gasteiger charge is -2.22. The van der Waals surface area contributed by atoms with Crippen molar-refractivity contribution in [2.24, 2.45) is 0 Å². The van der Waals surface area contributed by atoms with Crippen LogP contribution >= 0.6 is 0 Å². The molecule has 1 amide bonds. The maximum atomic E-state index is 13.6. The van der Waals surface area contributed by atoms with Gasteiger partial charge in [0, 0.05) is 11.8 Å². The summed E-state index contributed by atoms with van der Waals surface area (Å²) in [6.45, 7) is 5.67. The van der Waals surface area contributed by atoms with Gasteiger partial charge < -0.3 is 15.4 Å². The second kappa shape index (κ2) is 5.82. The fourth-order valence-electron chi connectivity index (χ4n) is 1.25. The molecule has 0 spiro atoms. The molecule has 0 aliphatic heterocycles. The summed E-state index contributed by atoms with van der Waals surface area (Å²) in [5, 5.41) is 5.52. The van der Waals surface area contributed by atoms with Crippen LogP contribution in [0.4, 0.5) is 10.1 Å². The third kappa shape index (κ3) is 3.43. The summed E-state index contributed by atoms with van der Waals surface area (Å²) < 4.78 is 18.7. The van der Waals surface area contributed by atoms with Crippen LogP contribution in [0, 0.1) is 5.82 Å². The predicted molar refractivity (Wildman–Crippen MR) is 69.3 cm³/mol. The molecule has 18 heavy (non-hydrogen) atoms. The van der Waals surface area contributed by atoms with E-state index in [9.17, 15) is 9.18 Å². The maximum absolute atomic E-state index is 13.6. The van der Waals surface area contributed by atoms with Gasteiger partial charge in [0.1, 0.15) is 0 Å². The molecule has 1 aromatic rings. The lowest BCUT2D eigenvalue weighted by Crippen LogP contribution is -2.47. The highest BCUT2D eigenvalue weighted by atomic mass is 19.1. The zero-order chi connectivity index (χ0) is 13.8. The smallest absolute Gasteiger partial charge is 0.244 e. The van der Waals surface area contributed by atoms with Crippen LogP contribution in [0.3, 0.4) is 0 Å². The molecule has 1 rings (SSSR count). The van der Waals surface area contributed by atoms with Crippen LogP contribution in [-0.4, -0.2) is 25.1 Å². The summed E-state index contributed by atoms with van der Waals surface area (Å²) >= 11 is 0. The van der Waals surface area contributed by atoms with Crippen LogP contribution in [0.15, 0.2) is 18.2 Å². The Kier molecular flexibility index (Phi) is 4.67. The van der Waals surface area contributed by atoms with E-state index in [0.29, 0.717) is 12.3 Å². The number of carbonyl (C=O) groups excluding carboxylic acids is 1. The molecule has 0 heterocycles. The van der Waals surface area contributed by atoms with E-state index in [1.807, 2.05) is 0 Å². The van der Waals surface area contributed by atoms with Crippen molar-refractivity contribution in [1.29, 1.82) is 0 Å². The summed E-state index contributed by atoms with van der Waals surface area (Å²) in [4.78, 5) is 11.9. The minimum absolute atomic E-state index is 0.184. The quantitative estimate of drug-likeness (QED) is 0.846. The van der Waals surface area contributed by atoms with Crippen molar-refractivity contribution in [2.45, 2.75) is 26.3 Å². The van der Waals surface area contributed by atoms with Crippen molar-refractivity contribution in [3.63, 3.8) is 0 Å². The van der Waals surface area contributed by atoms with Gasteiger partial charge in [-0.1, -0.05) is 0 Å². The third-order valence-corrected chi connectivity index (χ3v) is 2.68. The summed E-state index contributed by atoms with van der Waals surface area (Å²) in [6.07, 6.45) is 0. The Labute approximate surface area is 107 Å². The van der Waals surface area contributed by atoms with Crippen LogP contribution in [0.25, 0.3) is 0 Å². The van der Waals surface area contributed by atoms with Gasteiger partial charge >= 0.3 is 0 Å². The van der Waals surface area contributed by atoms with Gasteiger partial charge in [-0.15, -0.1) is 0 Å². The van der Waals surface area contributed by atoms with Crippen LogP contribution in [0.2, 0.25) is 0 Å². The molecule has 4 nitrogen and oxygen atoms in total. The van der Waals surface area contributed by atoms with E-state index >= 15 is 0 Å². The van der Waals surface area contributed by atoms with E-state index < -0.39 is 11.4 Å². The largest absolute Gasteiger partial charge is 0.491 e. The SMILES string of the molecule is CCOc1ccc(NC(=O)C(C)(C)NC)cc1F. The number of carbonyl (C=O) groups is 1. The number of benzene rings is 1. The van der Waals surface area contributed by atoms with Crippen LogP contribution in [0.5, 0.6) is 5.75 Å². The first-order valence-corrected chi connectivity index (χ1v) is 5.83. The van der Waals surface area contributed by atoms with E-state index in [1.165, 1.54) is 12.1 Å². The monoisotopic (exact) mass is 254 g/mol. The Bertz CT molecular complexity index is 433. The van der Waals surface area contributed by atoms with Crippen LogP contribution < -0.4 is 15.4 Å². The van der Waals surface area contributed by atoms with E-state index in [-0.39, 0.29) is 11.7 Å². The molecular weight excluding hydrogens is 235 g/mol. The van der Waals surface area contributed by atoms with Gasteiger partial charge in [0.2, 0.25) is 5.91 Å². The predicted octanol–water partition coefficient (Wildman–Crippen LogP) is 2.16. The molecule has 0 aliphatic rings. The zero-order valence-corrected chi connectivity index (χ0v) is 11.1. The number of ether oxygens (including phenoxy) is 1. The molecular formula is C13H19FN2O2. The van der Waals surface area contributed by atoms with Gasteiger partial charge in [-0.3, -0.25) is 4.79 Å². The average Bonchev–Trinajstić information content (AvgIpc) is 2.32. The number of nitrogens with one attached hydrogen (secondary N) is 2. The number of likely N-dealkylation sites (N-methyl/N-ethyl adjacent to an activating group) is 1. The topological polar surface area (TPSA) is 50.4 Å². The van der Waals surface area contributed by atoms with Crippen molar-refractivity contribution in [2.75, 3.05) is 19.0 Å². The number of amides is 1. The van der Waals surface area contributed by atoms with Gasteiger partial charge in [-0.25, -0.2) is 4.39 Å². The molecule has 0 saturated heterocycles. The Morgan fingerprint density at radius 2 is 2.11 bits per heavy atom. The molecule has 100 valence electrons. The molecule has 0 saturated carbocycles. The Morgan fingerprint density at radius 3 is 2.61 bits per heavy atom. The first-order chi connectivity index (χ1) is 8.40. The van der Waals surface area contributed by atoms with Gasteiger partial charge in [-0.2, -0.15) is 0 Å². The lowest BCUT2D eigenvalue weighted by molar-refractivity contribution is -0.121. The molecule has 0 aliphatic carbocycles. The molecule has 0 aromatic heterocycles. The molecule has 0 atom stereocenters. The number of hydrogen-bond acceptors (Lipinski definition) is 3. The molecule has 5 heteroatoms. The van der Waals surface area contributed by atoms with Crippen LogP contribution in [0.1, 0.15) is 20.8 Å². The zero-order valence-electron chi connectivity index (χ0n) is 11.1. The van der Waals surface area contributed by atoms with E-state index in [1.54, 1.807) is 33.9 Å². The molecule has 2 N–H and O–H groups in total. The second-order valence-electron chi connectivity index (χ2n) is 4.41. The standard InChI is InChI=1S/C13H19FN2O2/c1-5-18-11-7-6-9(8-10(11)14)16-12(17)13(2,3)15-4/h6-8,15H,5H2,1-4H3,(H,16,17). The van der Waals surface area contributed by atoms with Gasteiger partial charge in [0.15, 0.2) is 11.6 Å². The molecule has 0 unspecified atom stereocenters. The molecule has 1 aromatic carbocycles. The van der Waals surface area contributed by atoms with E-state index in [2.05, 4.69) is 10.6 Å². The number of rotatable bonds is 5. The second-order valence-corrected chi connectivity index (χ2v) is 4.41. The summed E-state index contributed by atoms with van der Waals surface area (Å²) in [6, 6.07) is 4.35. The third-order valence-electron chi connectivity index (χ3n) is 2.68. The number of anilines is 1. The number of hydrogen-bond donors (Lipinski definition) is 2. The first kappa shape index (κ1) is 14.4. The number of halogens is 1. The maximum Gasteiger partial charge on any atom is 0.244 e. The van der Waals surface area contributed by atoms with E-state index in [4.69, 9.17) is 4.74 Å². The Balaban J connectivity index is 2.81. The highest BCUT2D eigenvalue weighted by Crippen LogP contribution is 2.21. The molecule has 0 bridgehead atoms. The van der Waals surface area contributed by atoms with Crippen molar-refractivity contribution in [3.8, 4) is 5.75 Å². The van der Waals surface area contributed by atoms with Crippen molar-refractivity contribution < 1.29 is 13.9 Å². The first-order valence-electron chi connectivity index (χ1n) is 5.83. The lowest BCUT2D eigenvalue weighted by atomic mass is 10.1. The molecule has 0 radical (unpaired) electrons. The fourth-order valence-corrected chi connectivity index (χ4v) is 1.25. The van der Waals surface area contributed by atoms with Gasteiger partial charge in [-0.05, 0) is 40.0 Å². The Morgan fingerprint density at radius 1 is 1.44 bits per heavy atom. The van der Waals surface area contributed by atoms with E-state index in [0.717, 1.165) is 0 Å². The van der Waals surface area contributed by atoms with Gasteiger partial charge in [0.05, 0.1) is 12.1 Å². The fraction of sp³-hybridized carbons (Fsp3) is 0.462. The van der Waals surface area contributed by atoms with Gasteiger partial charge in [0.25, 0.3) is 0 Å². The Hall–Kier alpha value is -1.62. The highest BCUT2D eigenvalue weighted by Gasteiger charge is 2.25. The summed E-state index contributed by atoms with van der Waals surface area (Å²) in [5.74, 6) is -0.533. The minimum Gasteiger partial charge on any atom is -0.491 e. The van der Waals surface area contributed by atoms with Crippen LogP contribution in [-0.2, 0) is 4.79 Å². The highest BCUT2D eigenvalue weighted by molar-refractivity contribution is 5.97. The normalized spacial score (nSPS) is 11.2. The van der Waals surface area contributed by atoms with Crippen molar-refractivity contribution in [3.05, 3.63) is 24.0 Å². The van der Waals surface area contributed by atoms with Crippen molar-refractivity contribution in [1.82, 2.24) is 5.32 Å². The van der Waals surface area contributed by atoms with Crippen molar-refractivity contribution >= 4 is 11.6 Å². The minimum atomic E-state index is -0.713. The molecule has 0 fully saturated rings.